The Morgan fingerprint density at radius 1 is 1.17 bits per heavy atom. The molecule has 0 atom stereocenters. The van der Waals surface area contributed by atoms with E-state index in [0.29, 0.717) is 18.7 Å². The van der Waals surface area contributed by atoms with Crippen molar-refractivity contribution in [3.63, 3.8) is 0 Å². The van der Waals surface area contributed by atoms with Crippen LogP contribution >= 0.6 is 0 Å². The molecule has 0 amide bonds. The summed E-state index contributed by atoms with van der Waals surface area (Å²) in [5, 5.41) is 3.06. The predicted octanol–water partition coefficient (Wildman–Crippen LogP) is 2.41. The summed E-state index contributed by atoms with van der Waals surface area (Å²) in [4.78, 5) is 0. The molecule has 0 saturated carbocycles. The normalized spacial score (nSPS) is 11.6. The second-order valence-electron chi connectivity index (χ2n) is 3.83. The Balaban J connectivity index is 2.49. The van der Waals surface area contributed by atoms with Gasteiger partial charge in [-0.25, -0.2) is 0 Å². The molecular formula is C12H17F3N2O. The van der Waals surface area contributed by atoms with Crippen molar-refractivity contribution in [2.24, 2.45) is 5.73 Å². The molecule has 0 aliphatic rings. The first-order valence-corrected chi connectivity index (χ1v) is 5.77. The van der Waals surface area contributed by atoms with Gasteiger partial charge >= 0.3 is 6.36 Å². The van der Waals surface area contributed by atoms with Crippen LogP contribution in [-0.2, 0) is 6.54 Å². The highest BCUT2D eigenvalue weighted by molar-refractivity contribution is 5.33. The third-order valence-corrected chi connectivity index (χ3v) is 2.32. The summed E-state index contributed by atoms with van der Waals surface area (Å²) in [5.41, 5.74) is 5.83. The minimum absolute atomic E-state index is 0.156. The Labute approximate surface area is 104 Å². The molecule has 0 fully saturated rings. The third-order valence-electron chi connectivity index (χ3n) is 2.32. The molecule has 0 bridgehead atoms. The molecular weight excluding hydrogens is 245 g/mol. The first-order valence-electron chi connectivity index (χ1n) is 5.77. The molecule has 0 aliphatic carbocycles. The van der Waals surface area contributed by atoms with E-state index < -0.39 is 6.36 Å². The Kier molecular flexibility index (Phi) is 5.94. The topological polar surface area (TPSA) is 47.3 Å². The van der Waals surface area contributed by atoms with E-state index >= 15 is 0 Å². The van der Waals surface area contributed by atoms with Gasteiger partial charge in [0.1, 0.15) is 5.75 Å². The second kappa shape index (κ2) is 7.23. The number of ether oxygens (including phenoxy) is 1. The molecule has 1 rings (SSSR count). The minimum Gasteiger partial charge on any atom is -0.405 e. The van der Waals surface area contributed by atoms with Gasteiger partial charge in [-0.2, -0.15) is 0 Å². The molecule has 0 unspecified atom stereocenters. The zero-order valence-corrected chi connectivity index (χ0v) is 9.96. The minimum atomic E-state index is -4.66. The van der Waals surface area contributed by atoms with E-state index in [0.717, 1.165) is 19.4 Å². The van der Waals surface area contributed by atoms with Gasteiger partial charge in [-0.3, -0.25) is 0 Å². The lowest BCUT2D eigenvalue weighted by Crippen LogP contribution is -2.20. The van der Waals surface area contributed by atoms with Gasteiger partial charge in [0.25, 0.3) is 0 Å². The van der Waals surface area contributed by atoms with E-state index in [2.05, 4.69) is 10.1 Å². The number of rotatable bonds is 7. The van der Waals surface area contributed by atoms with Gasteiger partial charge in [0.15, 0.2) is 0 Å². The standard InChI is InChI=1S/C12H17F3N2O/c13-12(14,15)18-11-6-2-1-5-10(11)9-17-8-4-3-7-16/h1-2,5-6,17H,3-4,7-9,16H2. The van der Waals surface area contributed by atoms with Crippen molar-refractivity contribution < 1.29 is 17.9 Å². The van der Waals surface area contributed by atoms with E-state index in [-0.39, 0.29) is 5.75 Å². The van der Waals surface area contributed by atoms with Crippen LogP contribution in [0.4, 0.5) is 13.2 Å². The summed E-state index contributed by atoms with van der Waals surface area (Å²) < 4.78 is 40.4. The number of benzene rings is 1. The molecule has 0 heterocycles. The second-order valence-corrected chi connectivity index (χ2v) is 3.83. The summed E-state index contributed by atoms with van der Waals surface area (Å²) in [6.45, 7) is 1.68. The fourth-order valence-electron chi connectivity index (χ4n) is 1.49. The van der Waals surface area contributed by atoms with Crippen LogP contribution in [0.1, 0.15) is 18.4 Å². The van der Waals surface area contributed by atoms with Gasteiger partial charge in [-0.05, 0) is 32.0 Å². The fourth-order valence-corrected chi connectivity index (χ4v) is 1.49. The summed E-state index contributed by atoms with van der Waals surface area (Å²) in [5.74, 6) is -0.156. The van der Waals surface area contributed by atoms with Gasteiger partial charge in [0.2, 0.25) is 0 Å². The maximum absolute atomic E-state index is 12.2. The van der Waals surface area contributed by atoms with Crippen LogP contribution in [0.15, 0.2) is 24.3 Å². The van der Waals surface area contributed by atoms with Crippen LogP contribution in [0.3, 0.4) is 0 Å². The SMILES string of the molecule is NCCCCNCc1ccccc1OC(F)(F)F. The molecule has 3 nitrogen and oxygen atoms in total. The van der Waals surface area contributed by atoms with Crippen molar-refractivity contribution in [2.45, 2.75) is 25.7 Å². The maximum atomic E-state index is 12.2. The maximum Gasteiger partial charge on any atom is 0.573 e. The lowest BCUT2D eigenvalue weighted by atomic mass is 10.2. The lowest BCUT2D eigenvalue weighted by molar-refractivity contribution is -0.274. The Hall–Kier alpha value is -1.27. The number of hydrogen-bond acceptors (Lipinski definition) is 3. The number of para-hydroxylation sites is 1. The summed E-state index contributed by atoms with van der Waals surface area (Å²) in [6.07, 6.45) is -2.86. The lowest BCUT2D eigenvalue weighted by Gasteiger charge is -2.13. The average molecular weight is 262 g/mol. The van der Waals surface area contributed by atoms with Crippen molar-refractivity contribution in [3.05, 3.63) is 29.8 Å². The van der Waals surface area contributed by atoms with E-state index in [1.807, 2.05) is 0 Å². The Morgan fingerprint density at radius 3 is 2.56 bits per heavy atom. The van der Waals surface area contributed by atoms with Crippen molar-refractivity contribution in [1.29, 1.82) is 0 Å². The molecule has 0 spiro atoms. The van der Waals surface area contributed by atoms with E-state index in [9.17, 15) is 13.2 Å². The number of unbranched alkanes of at least 4 members (excludes halogenated alkanes) is 1. The number of nitrogens with one attached hydrogen (secondary N) is 1. The summed E-state index contributed by atoms with van der Waals surface area (Å²) in [7, 11) is 0. The van der Waals surface area contributed by atoms with Gasteiger partial charge in [0.05, 0.1) is 0 Å². The number of alkyl halides is 3. The highest BCUT2D eigenvalue weighted by Gasteiger charge is 2.31. The van der Waals surface area contributed by atoms with E-state index in [1.165, 1.54) is 12.1 Å². The van der Waals surface area contributed by atoms with Gasteiger partial charge in [-0.1, -0.05) is 18.2 Å². The molecule has 102 valence electrons. The third kappa shape index (κ3) is 5.88. The van der Waals surface area contributed by atoms with Crippen molar-refractivity contribution in [3.8, 4) is 5.75 Å². The molecule has 1 aromatic rings. The first-order chi connectivity index (χ1) is 8.53. The molecule has 1 aromatic carbocycles. The van der Waals surface area contributed by atoms with Crippen LogP contribution < -0.4 is 15.8 Å². The largest absolute Gasteiger partial charge is 0.573 e. The smallest absolute Gasteiger partial charge is 0.405 e. The quantitative estimate of drug-likeness (QED) is 0.742. The molecule has 0 radical (unpaired) electrons. The highest BCUT2D eigenvalue weighted by Crippen LogP contribution is 2.25. The van der Waals surface area contributed by atoms with Crippen LogP contribution in [0.25, 0.3) is 0 Å². The molecule has 6 heteroatoms. The molecule has 0 saturated heterocycles. The predicted molar refractivity (Wildman–Crippen MR) is 63.1 cm³/mol. The zero-order valence-electron chi connectivity index (χ0n) is 9.96. The Morgan fingerprint density at radius 2 is 1.89 bits per heavy atom. The van der Waals surface area contributed by atoms with Crippen molar-refractivity contribution >= 4 is 0 Å². The van der Waals surface area contributed by atoms with Gasteiger partial charge in [0, 0.05) is 12.1 Å². The first kappa shape index (κ1) is 14.8. The Bertz CT molecular complexity index is 355. The van der Waals surface area contributed by atoms with E-state index in [4.69, 9.17) is 5.73 Å². The van der Waals surface area contributed by atoms with Crippen LogP contribution in [0.2, 0.25) is 0 Å². The molecule has 0 aromatic heterocycles. The number of halogens is 3. The van der Waals surface area contributed by atoms with Gasteiger partial charge in [-0.15, -0.1) is 13.2 Å². The number of nitrogens with two attached hydrogens (primary N) is 1. The van der Waals surface area contributed by atoms with Gasteiger partial charge < -0.3 is 15.8 Å². The van der Waals surface area contributed by atoms with Crippen molar-refractivity contribution in [1.82, 2.24) is 5.32 Å². The highest BCUT2D eigenvalue weighted by atomic mass is 19.4. The molecule has 0 aliphatic heterocycles. The molecule has 3 N–H and O–H groups in total. The average Bonchev–Trinajstić information content (AvgIpc) is 2.29. The fraction of sp³-hybridized carbons (Fsp3) is 0.500. The van der Waals surface area contributed by atoms with Crippen molar-refractivity contribution in [2.75, 3.05) is 13.1 Å². The van der Waals surface area contributed by atoms with Crippen LogP contribution in [0, 0.1) is 0 Å². The summed E-state index contributed by atoms with van der Waals surface area (Å²) in [6, 6.07) is 6.11. The van der Waals surface area contributed by atoms with E-state index in [1.54, 1.807) is 12.1 Å². The monoisotopic (exact) mass is 262 g/mol. The summed E-state index contributed by atoms with van der Waals surface area (Å²) >= 11 is 0. The van der Waals surface area contributed by atoms with Crippen LogP contribution in [0.5, 0.6) is 5.75 Å². The van der Waals surface area contributed by atoms with Crippen LogP contribution in [-0.4, -0.2) is 19.5 Å². The zero-order chi connectivity index (χ0) is 13.4. The number of hydrogen-bond donors (Lipinski definition) is 2. The molecule has 18 heavy (non-hydrogen) atoms.